The fraction of sp³-hybridized carbons (Fsp3) is 0.250. The average molecular weight is 2380 g/mol. The molecule has 4 rings (SSSR count). The zero-order chi connectivity index (χ0) is 43.9. The van der Waals surface area contributed by atoms with Crippen LogP contribution in [0.3, 0.4) is 0 Å². The van der Waals surface area contributed by atoms with Crippen molar-refractivity contribution in [3.8, 4) is 0 Å². The molecule has 0 amide bonds. The van der Waals surface area contributed by atoms with E-state index in [9.17, 15) is 0 Å². The van der Waals surface area contributed by atoms with Gasteiger partial charge in [0.2, 0.25) is 0 Å². The summed E-state index contributed by atoms with van der Waals surface area (Å²) in [7, 11) is 0. The third-order valence-corrected chi connectivity index (χ3v) is 30.6. The van der Waals surface area contributed by atoms with E-state index < -0.39 is 32.2 Å². The molecule has 0 aliphatic heterocycles. The van der Waals surface area contributed by atoms with Crippen LogP contribution in [-0.4, -0.2) is 15.0 Å². The second-order valence-electron chi connectivity index (χ2n) is 12.2. The van der Waals surface area contributed by atoms with Gasteiger partial charge in [0, 0.05) is 0 Å². The summed E-state index contributed by atoms with van der Waals surface area (Å²) in [5.41, 5.74) is 7.38. The number of hydrogen-bond acceptors (Lipinski definition) is 0. The predicted molar refractivity (Wildman–Crippen MR) is 338 cm³/mol. The predicted octanol–water partition coefficient (Wildman–Crippen LogP) is 21.4. The molecule has 57 heavy (non-hydrogen) atoms. The van der Waals surface area contributed by atoms with Crippen molar-refractivity contribution in [3.63, 3.8) is 0 Å². The van der Waals surface area contributed by atoms with Gasteiger partial charge in [-0.2, -0.15) is 0 Å². The Morgan fingerprint density at radius 1 is 0.193 bits per heavy atom. The molecule has 4 aromatic rings. The van der Waals surface area contributed by atoms with Crippen LogP contribution in [0, 0.1) is 0 Å². The van der Waals surface area contributed by atoms with E-state index in [1.54, 1.807) is 0 Å². The Labute approximate surface area is 536 Å². The standard InChI is InChI=1S/4C8H3Br6.Ga/c4*9-7(10,11)5-2-1-3-6(4-5)8(12,13)14;/h4*2-4H;/q;;;;-1. The van der Waals surface area contributed by atoms with Crippen molar-refractivity contribution in [1.29, 1.82) is 0 Å². The molecule has 0 N–H and O–H groups in total. The minimum atomic E-state index is -4.85. The summed E-state index contributed by atoms with van der Waals surface area (Å²) >= 11 is 88.3. The molecule has 0 spiro atoms. The molecule has 0 fully saturated rings. The van der Waals surface area contributed by atoms with Crippen LogP contribution in [0.5, 0.6) is 0 Å². The summed E-state index contributed by atoms with van der Waals surface area (Å²) in [6.07, 6.45) is 0. The number of rotatable bonds is 4. The molecule has 0 atom stereocenters. The Hall–Kier alpha value is 9.04. The molecule has 0 aromatic heterocycles. The summed E-state index contributed by atoms with van der Waals surface area (Å²) in [6.45, 7) is 0. The second-order valence-corrected chi connectivity index (χ2v) is 75.5. The average Bonchev–Trinajstić information content (AvgIpc) is 3.01. The number of benzene rings is 4. The van der Waals surface area contributed by atoms with Crippen LogP contribution in [0.15, 0.2) is 72.8 Å². The molecule has 4 aromatic carbocycles. The third-order valence-electron chi connectivity index (χ3n) is 8.44. The summed E-state index contributed by atoms with van der Waals surface area (Å²) in [4.78, 5) is 0. The van der Waals surface area contributed by atoms with Crippen LogP contribution >= 0.6 is 382 Å². The number of hydrogen-bond donors (Lipinski definition) is 0. The Bertz CT molecular complexity index is 1700. The van der Waals surface area contributed by atoms with E-state index in [1.807, 2.05) is 0 Å². The van der Waals surface area contributed by atoms with Crippen molar-refractivity contribution in [2.45, 2.75) is 17.1 Å². The van der Waals surface area contributed by atoms with Gasteiger partial charge >= 0.3 is 548 Å². The van der Waals surface area contributed by atoms with Gasteiger partial charge in [-0.05, 0) is 0 Å². The summed E-state index contributed by atoms with van der Waals surface area (Å²) in [5, 5.41) is 0. The molecule has 0 radical (unpaired) electrons. The van der Waals surface area contributed by atoms with Crippen LogP contribution in [-0.2, 0) is 17.1 Å². The van der Waals surface area contributed by atoms with Gasteiger partial charge in [0.1, 0.15) is 0 Å². The molecule has 0 bridgehead atoms. The van der Waals surface area contributed by atoms with Gasteiger partial charge < -0.3 is 0 Å². The number of halogens is 24. The first-order valence-electron chi connectivity index (χ1n) is 14.6. The van der Waals surface area contributed by atoms with E-state index in [0.29, 0.717) is 0 Å². The van der Waals surface area contributed by atoms with Crippen molar-refractivity contribution in [1.82, 2.24) is 0 Å². The number of alkyl halides is 24. The van der Waals surface area contributed by atoms with E-state index >= 15 is 0 Å². The molecular weight excluding hydrogens is 2370 g/mol. The van der Waals surface area contributed by atoms with Crippen molar-refractivity contribution >= 4 is 414 Å². The van der Waals surface area contributed by atoms with Crippen LogP contribution in [0.2, 0.25) is 0 Å². The fourth-order valence-electron chi connectivity index (χ4n) is 6.07. The van der Waals surface area contributed by atoms with Gasteiger partial charge in [0.15, 0.2) is 0 Å². The molecule has 0 saturated carbocycles. The Morgan fingerprint density at radius 3 is 0.386 bits per heavy atom. The van der Waals surface area contributed by atoms with Crippen molar-refractivity contribution in [2.75, 3.05) is 0 Å². The molecule has 0 aliphatic carbocycles. The quantitative estimate of drug-likeness (QED) is 0.141. The Kier molecular flexibility index (Phi) is 22.2. The molecule has 0 aliphatic rings. The topological polar surface area (TPSA) is 0 Å². The van der Waals surface area contributed by atoms with Crippen LogP contribution in [0.4, 0.5) is 0 Å². The normalized spacial score (nSPS) is 14.3. The molecule has 312 valence electrons. The molecule has 0 unspecified atom stereocenters. The molecule has 0 heterocycles. The zero-order valence-corrected chi connectivity index (χ0v) is 67.1. The van der Waals surface area contributed by atoms with Gasteiger partial charge in [-0.25, -0.2) is 0 Å². The van der Waals surface area contributed by atoms with Gasteiger partial charge in [-0.3, -0.25) is 0 Å². The Morgan fingerprint density at radius 2 is 0.298 bits per heavy atom. The van der Waals surface area contributed by atoms with E-state index in [1.165, 1.54) is 0 Å². The van der Waals surface area contributed by atoms with E-state index in [4.69, 9.17) is 0 Å². The summed E-state index contributed by atoms with van der Waals surface area (Å²) in [5.74, 6) is 0. The van der Waals surface area contributed by atoms with Gasteiger partial charge in [-0.15, -0.1) is 0 Å². The fourth-order valence-corrected chi connectivity index (χ4v) is 23.6. The van der Waals surface area contributed by atoms with Crippen LogP contribution < -0.4 is 16.5 Å². The van der Waals surface area contributed by atoms with Crippen LogP contribution in [0.1, 0.15) is 44.5 Å². The molecule has 0 saturated heterocycles. The van der Waals surface area contributed by atoms with Crippen molar-refractivity contribution < 1.29 is 0 Å². The van der Waals surface area contributed by atoms with Crippen molar-refractivity contribution in [2.24, 2.45) is 0 Å². The van der Waals surface area contributed by atoms with E-state index in [0.717, 1.165) is 61.0 Å². The van der Waals surface area contributed by atoms with Gasteiger partial charge in [-0.1, -0.05) is 0 Å². The van der Waals surface area contributed by atoms with Gasteiger partial charge in [0.05, 0.1) is 0 Å². The first-order chi connectivity index (χ1) is 25.3. The summed E-state index contributed by atoms with van der Waals surface area (Å²) < 4.78 is -1.88. The van der Waals surface area contributed by atoms with E-state index in [-0.39, 0.29) is 0 Å². The van der Waals surface area contributed by atoms with Gasteiger partial charge in [0.25, 0.3) is 0 Å². The van der Waals surface area contributed by atoms with E-state index in [2.05, 4.69) is 455 Å². The molecular formula is C32H12Br24Ga-. The molecule has 0 nitrogen and oxygen atoms in total. The third kappa shape index (κ3) is 15.5. The first kappa shape index (κ1) is 58.6. The SMILES string of the molecule is BrC(Br)(Br)c1cc(C(Br)(Br)Br)c[c]([Ga-]([c]2cc(C(Br)(Br)Br)cc(C(Br)(Br)Br)c2)([c]2cc(C(Br)(Br)Br)cc(C(Br)(Br)Br)c2)[c]2cc(C(Br)(Br)Br)cc(C(Br)(Br)Br)c2)c1. The maximum atomic E-state index is 3.88. The van der Waals surface area contributed by atoms with Crippen molar-refractivity contribution in [3.05, 3.63) is 117 Å². The molecule has 25 heteroatoms. The summed E-state index contributed by atoms with van der Waals surface area (Å²) in [6, 6.07) is 26.6. The van der Waals surface area contributed by atoms with Crippen LogP contribution in [0.25, 0.3) is 0 Å². The first-order valence-corrected chi connectivity index (χ1v) is 38.5. The minimum absolute atomic E-state index is 0.784. The monoisotopic (exact) mass is 2360 g/mol. The second kappa shape index (κ2) is 21.6. The zero-order valence-electron chi connectivity index (χ0n) is 26.6. The Balaban J connectivity index is 2.62. The maximum absolute atomic E-state index is 4.85.